The van der Waals surface area contributed by atoms with Crippen molar-refractivity contribution in [3.8, 4) is 0 Å². The molecule has 0 aliphatic heterocycles. The van der Waals surface area contributed by atoms with Crippen LogP contribution < -0.4 is 58.2 Å². The normalized spacial score (nSPS) is 7.06. The zero-order valence-electron chi connectivity index (χ0n) is 12.9. The molecule has 0 bridgehead atoms. The Bertz CT molecular complexity index is 94.5. The zero-order chi connectivity index (χ0) is 12.5. The van der Waals surface area contributed by atoms with E-state index < -0.39 is 0 Å². The summed E-state index contributed by atoms with van der Waals surface area (Å²) in [5.74, 6) is 1.12. The molecule has 0 N–H and O–H groups in total. The second-order valence-corrected chi connectivity index (χ2v) is 3.74. The molecule has 0 aromatic rings. The molecule has 0 fully saturated rings. The maximum Gasteiger partial charge on any atom is 1.00 e. The smallest absolute Gasteiger partial charge is 0.544 e. The average Bonchev–Trinajstić information content (AvgIpc) is 2.20. The van der Waals surface area contributed by atoms with Crippen LogP contribution in [0.5, 0.6) is 0 Å². The first-order chi connectivity index (χ1) is 7.10. The van der Waals surface area contributed by atoms with E-state index in [-0.39, 0.29) is 98.3 Å². The molecule has 0 atom stereocenters. The Balaban J connectivity index is -0.0000000282. The standard InChI is InChI=1S/C5H8O.C5H11.C4H10.CH4.Rb.Y/c1-5(2)3-4-6;1-3-5-4-2;1-3-4-2;;;/h3H2,1-2H3;1,3-5H2,2H3;3-4H2,1-2H3;1H4;;/q-2;-1;;;+1;. The van der Waals surface area contributed by atoms with Gasteiger partial charge in [-0.3, -0.25) is 12.7 Å². The summed E-state index contributed by atoms with van der Waals surface area (Å²) < 4.78 is 0. The molecule has 0 aromatic heterocycles. The van der Waals surface area contributed by atoms with Crippen molar-refractivity contribution in [2.45, 2.75) is 80.6 Å². The molecule has 0 heterocycles. The van der Waals surface area contributed by atoms with Gasteiger partial charge in [0.15, 0.2) is 0 Å². The van der Waals surface area contributed by atoms with Crippen molar-refractivity contribution < 1.29 is 95.7 Å². The van der Waals surface area contributed by atoms with Crippen LogP contribution in [0.2, 0.25) is 0 Å². The van der Waals surface area contributed by atoms with E-state index in [0.717, 1.165) is 12.3 Å². The molecule has 0 aliphatic carbocycles. The van der Waals surface area contributed by atoms with Crippen LogP contribution in [0.15, 0.2) is 0 Å². The van der Waals surface area contributed by atoms with Crippen molar-refractivity contribution in [2.24, 2.45) is 0 Å². The Hall–Kier alpha value is 2.58. The van der Waals surface area contributed by atoms with Crippen LogP contribution in [0, 0.1) is 12.8 Å². The molecule has 3 heteroatoms. The molecule has 0 rings (SSSR count). The average molecular weight is 404 g/mol. The fourth-order valence-corrected chi connectivity index (χ4v) is 0.394. The number of hydrogen-bond acceptors (Lipinski definition) is 1. The van der Waals surface area contributed by atoms with E-state index >= 15 is 0 Å². The minimum Gasteiger partial charge on any atom is -0.544 e. The molecule has 1 nitrogen and oxygen atoms in total. The van der Waals surface area contributed by atoms with Crippen molar-refractivity contribution in [1.82, 2.24) is 0 Å². The third-order valence-electron chi connectivity index (χ3n) is 1.53. The zero-order valence-corrected chi connectivity index (χ0v) is 20.7. The maximum absolute atomic E-state index is 9.47. The summed E-state index contributed by atoms with van der Waals surface area (Å²) in [5.41, 5.74) is 0. The Morgan fingerprint density at radius 2 is 1.44 bits per heavy atom. The first-order valence-electron chi connectivity index (χ1n) is 6.03. The fraction of sp³-hybridized carbons (Fsp3) is 0.800. The van der Waals surface area contributed by atoms with E-state index in [4.69, 9.17) is 0 Å². The number of hydrogen-bond donors (Lipinski definition) is 0. The van der Waals surface area contributed by atoms with Crippen molar-refractivity contribution >= 4 is 6.29 Å². The van der Waals surface area contributed by atoms with Crippen molar-refractivity contribution in [2.75, 3.05) is 0 Å². The molecule has 0 amide bonds. The van der Waals surface area contributed by atoms with E-state index in [1.54, 1.807) is 6.29 Å². The van der Waals surface area contributed by atoms with Gasteiger partial charge in [-0.2, -0.15) is 20.3 Å². The Labute approximate surface area is 192 Å². The van der Waals surface area contributed by atoms with Gasteiger partial charge in [-0.05, 0) is 0 Å². The molecular formula is C15H33ORbY-2. The topological polar surface area (TPSA) is 17.1 Å². The molecule has 105 valence electrons. The molecule has 0 spiro atoms. The molecule has 18 heavy (non-hydrogen) atoms. The molecule has 0 saturated carbocycles. The van der Waals surface area contributed by atoms with Gasteiger partial charge in [0.2, 0.25) is 0 Å². The van der Waals surface area contributed by atoms with Crippen LogP contribution in [0.4, 0.5) is 0 Å². The summed E-state index contributed by atoms with van der Waals surface area (Å²) in [7, 11) is 0. The van der Waals surface area contributed by atoms with Gasteiger partial charge in [0, 0.05) is 32.7 Å². The van der Waals surface area contributed by atoms with Gasteiger partial charge in [0.25, 0.3) is 0 Å². The van der Waals surface area contributed by atoms with Crippen LogP contribution in [-0.4, -0.2) is 6.29 Å². The van der Waals surface area contributed by atoms with Crippen LogP contribution >= 0.6 is 0 Å². The molecule has 0 saturated heterocycles. The van der Waals surface area contributed by atoms with E-state index in [0.29, 0.717) is 6.42 Å². The van der Waals surface area contributed by atoms with Crippen LogP contribution in [0.3, 0.4) is 0 Å². The van der Waals surface area contributed by atoms with E-state index in [9.17, 15) is 4.79 Å². The molecule has 0 aromatic carbocycles. The van der Waals surface area contributed by atoms with Gasteiger partial charge in [0.1, 0.15) is 0 Å². The summed E-state index contributed by atoms with van der Waals surface area (Å²) in [6.45, 7) is 14.0. The summed E-state index contributed by atoms with van der Waals surface area (Å²) in [4.78, 5) is 9.47. The Kier molecular flexibility index (Phi) is 88.1. The number of unbranched alkanes of at least 4 members (excludes halogenated alkanes) is 3. The summed E-state index contributed by atoms with van der Waals surface area (Å²) >= 11 is 0. The van der Waals surface area contributed by atoms with E-state index in [1.807, 2.05) is 13.8 Å². The largest absolute Gasteiger partial charge is 1.00 e. The van der Waals surface area contributed by atoms with Gasteiger partial charge in [-0.15, -0.1) is 0 Å². The first-order valence-corrected chi connectivity index (χ1v) is 6.03. The van der Waals surface area contributed by atoms with Crippen molar-refractivity contribution in [1.29, 1.82) is 0 Å². The van der Waals surface area contributed by atoms with Crippen LogP contribution in [0.25, 0.3) is 0 Å². The molecule has 1 radical (unpaired) electrons. The second kappa shape index (κ2) is 42.7. The van der Waals surface area contributed by atoms with Crippen LogP contribution in [-0.2, 0) is 37.5 Å². The van der Waals surface area contributed by atoms with E-state index in [1.165, 1.54) is 25.7 Å². The van der Waals surface area contributed by atoms with Gasteiger partial charge in [0.05, 0.1) is 0 Å². The summed E-state index contributed by atoms with van der Waals surface area (Å²) in [5, 5.41) is 0. The van der Waals surface area contributed by atoms with Gasteiger partial charge < -0.3 is 17.6 Å². The monoisotopic (exact) mass is 403 g/mol. The quantitative estimate of drug-likeness (QED) is 0.645. The summed E-state index contributed by atoms with van der Waals surface area (Å²) in [6.07, 6.45) is 8.56. The summed E-state index contributed by atoms with van der Waals surface area (Å²) in [6, 6.07) is 0. The van der Waals surface area contributed by atoms with Gasteiger partial charge >= 0.3 is 58.2 Å². The fourth-order valence-electron chi connectivity index (χ4n) is 0.394. The minimum absolute atomic E-state index is 0. The van der Waals surface area contributed by atoms with Gasteiger partial charge in [-0.25, -0.2) is 0 Å². The van der Waals surface area contributed by atoms with E-state index in [2.05, 4.69) is 27.7 Å². The molecular weight excluding hydrogens is 371 g/mol. The second-order valence-electron chi connectivity index (χ2n) is 3.74. The number of carbonyl (C=O) groups excluding carboxylic acids is 1. The minimum atomic E-state index is 0. The first kappa shape index (κ1) is 37.1. The van der Waals surface area contributed by atoms with Crippen molar-refractivity contribution in [3.05, 3.63) is 12.8 Å². The third-order valence-corrected chi connectivity index (χ3v) is 1.53. The molecule has 0 unspecified atom stereocenters. The van der Waals surface area contributed by atoms with Gasteiger partial charge in [-0.1, -0.05) is 53.9 Å². The predicted molar refractivity (Wildman–Crippen MR) is 77.1 cm³/mol. The third kappa shape index (κ3) is 78.0. The number of rotatable bonds is 5. The van der Waals surface area contributed by atoms with Crippen LogP contribution in [0.1, 0.15) is 80.6 Å². The maximum atomic E-state index is 9.47. The Morgan fingerprint density at radius 3 is 1.44 bits per heavy atom. The Morgan fingerprint density at radius 1 is 1.06 bits per heavy atom. The van der Waals surface area contributed by atoms with Crippen molar-refractivity contribution in [3.63, 3.8) is 0 Å². The molecule has 0 aliphatic rings. The SMILES string of the molecule is C.CCCC.C[C-](C)C[C-]=O.[CH2-]CCCC.[Rb+].[Y]. The predicted octanol–water partition coefficient (Wildman–Crippen LogP) is 2.56.